The van der Waals surface area contributed by atoms with E-state index in [1.165, 1.54) is 6.08 Å². The van der Waals surface area contributed by atoms with Crippen molar-refractivity contribution < 1.29 is 14.3 Å². The summed E-state index contributed by atoms with van der Waals surface area (Å²) in [5.74, 6) is 0.226. The van der Waals surface area contributed by atoms with Gasteiger partial charge >= 0.3 is 0 Å². The van der Waals surface area contributed by atoms with E-state index in [0.29, 0.717) is 29.3 Å². The SMILES string of the molecule is Cc1nc(COc2cccc(C=CC(=O)Nc3cccc(NC(=O)c4ccccc4)c3C)c2)cs1. The molecule has 0 spiro atoms. The van der Waals surface area contributed by atoms with E-state index in [1.807, 2.05) is 61.7 Å². The highest BCUT2D eigenvalue weighted by Crippen LogP contribution is 2.24. The van der Waals surface area contributed by atoms with E-state index in [2.05, 4.69) is 15.6 Å². The minimum atomic E-state index is -0.274. The summed E-state index contributed by atoms with van der Waals surface area (Å²) < 4.78 is 5.82. The molecule has 0 radical (unpaired) electrons. The lowest BCUT2D eigenvalue weighted by Crippen LogP contribution is -2.14. The van der Waals surface area contributed by atoms with Crippen molar-refractivity contribution in [3.63, 3.8) is 0 Å². The maximum Gasteiger partial charge on any atom is 0.255 e. The molecule has 0 unspecified atom stereocenters. The molecule has 0 aliphatic carbocycles. The van der Waals surface area contributed by atoms with Gasteiger partial charge in [-0.05, 0) is 67.4 Å². The van der Waals surface area contributed by atoms with Gasteiger partial charge < -0.3 is 15.4 Å². The number of nitrogens with one attached hydrogen (secondary N) is 2. The van der Waals surface area contributed by atoms with Gasteiger partial charge in [0.1, 0.15) is 12.4 Å². The van der Waals surface area contributed by atoms with Gasteiger partial charge in [-0.3, -0.25) is 9.59 Å². The van der Waals surface area contributed by atoms with E-state index in [1.54, 1.807) is 47.7 Å². The molecule has 2 amide bonds. The van der Waals surface area contributed by atoms with Crippen LogP contribution in [0.2, 0.25) is 0 Å². The first-order valence-electron chi connectivity index (χ1n) is 11.1. The molecule has 1 aromatic heterocycles. The average molecular weight is 484 g/mol. The molecule has 0 saturated carbocycles. The molecule has 0 fully saturated rings. The Bertz CT molecular complexity index is 1360. The molecule has 1 heterocycles. The topological polar surface area (TPSA) is 80.3 Å². The molecular formula is C28H25N3O3S. The Labute approximate surface area is 208 Å². The summed E-state index contributed by atoms with van der Waals surface area (Å²) in [5, 5.41) is 8.77. The number of thiazole rings is 1. The van der Waals surface area contributed by atoms with Crippen LogP contribution in [0.15, 0.2) is 84.3 Å². The van der Waals surface area contributed by atoms with Crippen LogP contribution in [0, 0.1) is 13.8 Å². The average Bonchev–Trinajstić information content (AvgIpc) is 3.30. The van der Waals surface area contributed by atoms with Gasteiger partial charge in [0.15, 0.2) is 0 Å². The van der Waals surface area contributed by atoms with Gasteiger partial charge in [-0.2, -0.15) is 0 Å². The number of rotatable bonds is 8. The van der Waals surface area contributed by atoms with E-state index in [9.17, 15) is 9.59 Å². The molecular weight excluding hydrogens is 458 g/mol. The highest BCUT2D eigenvalue weighted by molar-refractivity contribution is 7.09. The van der Waals surface area contributed by atoms with Crippen LogP contribution in [0.5, 0.6) is 5.75 Å². The minimum absolute atomic E-state index is 0.205. The van der Waals surface area contributed by atoms with Crippen LogP contribution in [0.25, 0.3) is 6.08 Å². The van der Waals surface area contributed by atoms with Crippen LogP contribution >= 0.6 is 11.3 Å². The maximum atomic E-state index is 12.6. The number of aromatic nitrogens is 1. The first kappa shape index (κ1) is 23.9. The number of aryl methyl sites for hydroxylation is 1. The second-order valence-corrected chi connectivity index (χ2v) is 8.90. The van der Waals surface area contributed by atoms with Crippen LogP contribution in [0.1, 0.15) is 32.2 Å². The van der Waals surface area contributed by atoms with Crippen molar-refractivity contribution in [2.75, 3.05) is 10.6 Å². The largest absolute Gasteiger partial charge is 0.487 e. The summed E-state index contributed by atoms with van der Waals surface area (Å²) in [4.78, 5) is 29.5. The number of ether oxygens (including phenoxy) is 1. The normalized spacial score (nSPS) is 10.8. The molecule has 4 rings (SSSR count). The molecule has 0 aliphatic rings. The molecule has 176 valence electrons. The number of hydrogen-bond donors (Lipinski definition) is 2. The second kappa shape index (κ2) is 11.3. The zero-order valence-electron chi connectivity index (χ0n) is 19.4. The number of carbonyl (C=O) groups excluding carboxylic acids is 2. The molecule has 0 bridgehead atoms. The fraction of sp³-hybridized carbons (Fsp3) is 0.107. The van der Waals surface area contributed by atoms with E-state index >= 15 is 0 Å². The third kappa shape index (κ3) is 6.65. The molecule has 6 nitrogen and oxygen atoms in total. The summed E-state index contributed by atoms with van der Waals surface area (Å²) in [6, 6.07) is 21.9. The van der Waals surface area contributed by atoms with E-state index in [-0.39, 0.29) is 11.8 Å². The fourth-order valence-electron chi connectivity index (χ4n) is 3.38. The van der Waals surface area contributed by atoms with Crippen LogP contribution in [-0.2, 0) is 11.4 Å². The lowest BCUT2D eigenvalue weighted by molar-refractivity contribution is -0.111. The van der Waals surface area contributed by atoms with Gasteiger partial charge in [-0.1, -0.05) is 36.4 Å². The van der Waals surface area contributed by atoms with Gasteiger partial charge in [0, 0.05) is 28.4 Å². The third-order valence-corrected chi connectivity index (χ3v) is 6.04. The van der Waals surface area contributed by atoms with Crippen LogP contribution in [0.3, 0.4) is 0 Å². The van der Waals surface area contributed by atoms with Crippen molar-refractivity contribution >= 4 is 40.6 Å². The van der Waals surface area contributed by atoms with Crippen molar-refractivity contribution in [3.8, 4) is 5.75 Å². The molecule has 2 N–H and O–H groups in total. The predicted octanol–water partition coefficient (Wildman–Crippen LogP) is 6.24. The lowest BCUT2D eigenvalue weighted by Gasteiger charge is -2.13. The van der Waals surface area contributed by atoms with Crippen LogP contribution < -0.4 is 15.4 Å². The number of anilines is 2. The van der Waals surface area contributed by atoms with Crippen molar-refractivity contribution in [1.29, 1.82) is 0 Å². The molecule has 0 aliphatic heterocycles. The number of amides is 2. The number of nitrogens with zero attached hydrogens (tertiary/aromatic N) is 1. The van der Waals surface area contributed by atoms with E-state index < -0.39 is 0 Å². The number of benzene rings is 3. The van der Waals surface area contributed by atoms with Crippen molar-refractivity contribution in [2.45, 2.75) is 20.5 Å². The quantitative estimate of drug-likeness (QED) is 0.291. The Morgan fingerprint density at radius 2 is 1.69 bits per heavy atom. The highest BCUT2D eigenvalue weighted by Gasteiger charge is 2.10. The number of hydrogen-bond acceptors (Lipinski definition) is 5. The zero-order valence-corrected chi connectivity index (χ0v) is 20.3. The summed E-state index contributed by atoms with van der Waals surface area (Å²) >= 11 is 1.59. The minimum Gasteiger partial charge on any atom is -0.487 e. The third-order valence-electron chi connectivity index (χ3n) is 5.21. The molecule has 0 saturated heterocycles. The fourth-order valence-corrected chi connectivity index (χ4v) is 3.97. The Hall–Kier alpha value is -4.23. The highest BCUT2D eigenvalue weighted by atomic mass is 32.1. The van der Waals surface area contributed by atoms with Crippen LogP contribution in [0.4, 0.5) is 11.4 Å². The Balaban J connectivity index is 1.37. The number of carbonyl (C=O) groups is 2. The summed E-state index contributed by atoms with van der Waals surface area (Å²) in [7, 11) is 0. The standard InChI is InChI=1S/C28H25N3O3S/c1-19-25(12-7-13-26(19)31-28(33)22-9-4-3-5-10-22)30-27(32)15-14-21-8-6-11-24(16-21)34-17-23-18-35-20(2)29-23/h3-16,18H,17H2,1-2H3,(H,30,32)(H,31,33). The Morgan fingerprint density at radius 1 is 0.943 bits per heavy atom. The first-order valence-corrected chi connectivity index (χ1v) is 11.9. The molecule has 7 heteroatoms. The van der Waals surface area contributed by atoms with Crippen molar-refractivity contribution in [1.82, 2.24) is 4.98 Å². The van der Waals surface area contributed by atoms with Gasteiger partial charge in [0.2, 0.25) is 5.91 Å². The van der Waals surface area contributed by atoms with E-state index in [4.69, 9.17) is 4.74 Å². The molecule has 0 atom stereocenters. The van der Waals surface area contributed by atoms with Crippen LogP contribution in [-0.4, -0.2) is 16.8 Å². The molecule has 3 aromatic carbocycles. The molecule has 4 aromatic rings. The maximum absolute atomic E-state index is 12.6. The van der Waals surface area contributed by atoms with Gasteiger partial charge in [-0.15, -0.1) is 11.3 Å². The first-order chi connectivity index (χ1) is 17.0. The van der Waals surface area contributed by atoms with Crippen molar-refractivity contribution in [2.24, 2.45) is 0 Å². The van der Waals surface area contributed by atoms with Gasteiger partial charge in [-0.25, -0.2) is 4.98 Å². The summed E-state index contributed by atoms with van der Waals surface area (Å²) in [6.07, 6.45) is 3.20. The zero-order chi connectivity index (χ0) is 24.6. The van der Waals surface area contributed by atoms with E-state index in [0.717, 1.165) is 21.8 Å². The smallest absolute Gasteiger partial charge is 0.255 e. The predicted molar refractivity (Wildman–Crippen MR) is 141 cm³/mol. The second-order valence-electron chi connectivity index (χ2n) is 7.84. The monoisotopic (exact) mass is 483 g/mol. The summed E-state index contributed by atoms with van der Waals surface area (Å²) in [6.45, 7) is 4.21. The lowest BCUT2D eigenvalue weighted by atomic mass is 10.1. The molecule has 35 heavy (non-hydrogen) atoms. The van der Waals surface area contributed by atoms with Gasteiger partial charge in [0.25, 0.3) is 5.91 Å². The Morgan fingerprint density at radius 3 is 2.43 bits per heavy atom. The summed E-state index contributed by atoms with van der Waals surface area (Å²) in [5.41, 5.74) is 4.34. The Kier molecular flexibility index (Phi) is 7.70. The van der Waals surface area contributed by atoms with Gasteiger partial charge in [0.05, 0.1) is 10.7 Å². The van der Waals surface area contributed by atoms with Crippen molar-refractivity contribution in [3.05, 3.63) is 112 Å².